The van der Waals surface area contributed by atoms with Crippen LogP contribution in [0, 0.1) is 19.8 Å². The summed E-state index contributed by atoms with van der Waals surface area (Å²) < 4.78 is 0. The van der Waals surface area contributed by atoms with Gasteiger partial charge in [-0.3, -0.25) is 0 Å². The Morgan fingerprint density at radius 1 is 1.17 bits per heavy atom. The molecule has 0 bridgehead atoms. The molecule has 0 aromatic carbocycles. The second-order valence-corrected chi connectivity index (χ2v) is 3.44. The molecule has 0 saturated carbocycles. The van der Waals surface area contributed by atoms with Crippen LogP contribution in [0.1, 0.15) is 45.4 Å². The second-order valence-electron chi connectivity index (χ2n) is 3.44. The molecule has 0 aromatic rings. The van der Waals surface area contributed by atoms with Crippen LogP contribution in [0.3, 0.4) is 0 Å². The van der Waals surface area contributed by atoms with E-state index in [1.807, 2.05) is 0 Å². The zero-order chi connectivity index (χ0) is 9.23. The molecule has 0 saturated heterocycles. The maximum absolute atomic E-state index is 3.89. The predicted octanol–water partition coefficient (Wildman–Crippen LogP) is 4.19. The Hall–Kier alpha value is -0.260. The van der Waals surface area contributed by atoms with Crippen molar-refractivity contribution in [1.29, 1.82) is 0 Å². The molecule has 0 amide bonds. The summed E-state index contributed by atoms with van der Waals surface area (Å²) in [6.45, 7) is 9.92. The molecule has 0 aliphatic heterocycles. The number of hydrogen-bond donors (Lipinski definition) is 0. The van der Waals surface area contributed by atoms with Gasteiger partial charge in [0.1, 0.15) is 0 Å². The summed E-state index contributed by atoms with van der Waals surface area (Å²) in [7, 11) is 0. The first kappa shape index (κ1) is 11.7. The van der Waals surface area contributed by atoms with Crippen LogP contribution in [0.25, 0.3) is 0 Å². The van der Waals surface area contributed by atoms with Gasteiger partial charge in [0.2, 0.25) is 0 Å². The van der Waals surface area contributed by atoms with Crippen molar-refractivity contribution in [2.75, 3.05) is 0 Å². The number of allylic oxidation sites excluding steroid dienone is 2. The molecule has 0 aliphatic rings. The number of hydrogen-bond acceptors (Lipinski definition) is 0. The molecule has 0 heterocycles. The van der Waals surface area contributed by atoms with E-state index in [4.69, 9.17) is 0 Å². The van der Waals surface area contributed by atoms with Crippen LogP contribution >= 0.6 is 0 Å². The van der Waals surface area contributed by atoms with Crippen molar-refractivity contribution < 1.29 is 0 Å². The molecule has 0 spiro atoms. The Bertz CT molecular complexity index is 103. The first-order valence-corrected chi connectivity index (χ1v) is 5.04. The van der Waals surface area contributed by atoms with E-state index in [9.17, 15) is 0 Å². The molecule has 0 fully saturated rings. The molecular weight excluding hydrogens is 144 g/mol. The van der Waals surface area contributed by atoms with E-state index < -0.39 is 0 Å². The van der Waals surface area contributed by atoms with Gasteiger partial charge in [0.15, 0.2) is 0 Å². The van der Waals surface area contributed by atoms with Crippen LogP contribution in [0.15, 0.2) is 12.2 Å². The van der Waals surface area contributed by atoms with E-state index in [2.05, 4.69) is 32.9 Å². The minimum atomic E-state index is 0.807. The molecule has 12 heavy (non-hydrogen) atoms. The van der Waals surface area contributed by atoms with Gasteiger partial charge >= 0.3 is 0 Å². The lowest BCUT2D eigenvalue weighted by Crippen LogP contribution is -1.91. The number of unbranched alkanes of at least 4 members (excludes halogenated alkanes) is 2. The monoisotopic (exact) mass is 166 g/mol. The summed E-state index contributed by atoms with van der Waals surface area (Å²) in [5.41, 5.74) is 0. The van der Waals surface area contributed by atoms with Crippen molar-refractivity contribution in [3.63, 3.8) is 0 Å². The molecule has 1 atom stereocenters. The normalized spacial score (nSPS) is 13.9. The van der Waals surface area contributed by atoms with Crippen LogP contribution in [0.4, 0.5) is 0 Å². The molecule has 0 nitrogen and oxygen atoms in total. The van der Waals surface area contributed by atoms with Crippen LogP contribution < -0.4 is 0 Å². The third-order valence-corrected chi connectivity index (χ3v) is 2.14. The van der Waals surface area contributed by atoms with Gasteiger partial charge in [-0.25, -0.2) is 0 Å². The Kier molecular flexibility index (Phi) is 8.64. The van der Waals surface area contributed by atoms with Crippen LogP contribution in [-0.4, -0.2) is 0 Å². The van der Waals surface area contributed by atoms with Gasteiger partial charge in [0.05, 0.1) is 0 Å². The van der Waals surface area contributed by atoms with Gasteiger partial charge < -0.3 is 0 Å². The zero-order valence-electron chi connectivity index (χ0n) is 8.39. The van der Waals surface area contributed by atoms with Gasteiger partial charge in [0.25, 0.3) is 0 Å². The summed E-state index contributed by atoms with van der Waals surface area (Å²) in [4.78, 5) is 0. The highest BCUT2D eigenvalue weighted by Gasteiger charge is 1.96. The first-order valence-electron chi connectivity index (χ1n) is 5.04. The molecule has 0 aromatic heterocycles. The minimum Gasteiger partial charge on any atom is -0.0885 e. The van der Waals surface area contributed by atoms with Crippen molar-refractivity contribution in [1.82, 2.24) is 0 Å². The average Bonchev–Trinajstić information content (AvgIpc) is 2.10. The lowest BCUT2D eigenvalue weighted by atomic mass is 10.0. The van der Waals surface area contributed by atoms with E-state index in [-0.39, 0.29) is 0 Å². The third-order valence-electron chi connectivity index (χ3n) is 2.14. The van der Waals surface area contributed by atoms with Crippen molar-refractivity contribution in [3.8, 4) is 0 Å². The topological polar surface area (TPSA) is 0 Å². The highest BCUT2D eigenvalue weighted by molar-refractivity contribution is 4.81. The van der Waals surface area contributed by atoms with Gasteiger partial charge in [-0.15, -0.1) is 0 Å². The third kappa shape index (κ3) is 7.84. The van der Waals surface area contributed by atoms with Crippen molar-refractivity contribution in [2.24, 2.45) is 5.92 Å². The van der Waals surface area contributed by atoms with E-state index in [1.165, 1.54) is 25.7 Å². The molecule has 2 radical (unpaired) electrons. The zero-order valence-corrected chi connectivity index (χ0v) is 8.39. The van der Waals surface area contributed by atoms with Gasteiger partial charge in [-0.05, 0) is 32.1 Å². The van der Waals surface area contributed by atoms with E-state index in [0.717, 1.165) is 18.8 Å². The van der Waals surface area contributed by atoms with Crippen LogP contribution in [-0.2, 0) is 0 Å². The Balaban J connectivity index is 3.05. The molecule has 70 valence electrons. The molecule has 0 N–H and O–H groups in total. The van der Waals surface area contributed by atoms with Gasteiger partial charge in [-0.1, -0.05) is 45.3 Å². The van der Waals surface area contributed by atoms with Crippen molar-refractivity contribution >= 4 is 0 Å². The van der Waals surface area contributed by atoms with E-state index in [1.54, 1.807) is 0 Å². The molecule has 1 unspecified atom stereocenters. The summed E-state index contributed by atoms with van der Waals surface area (Å²) in [5.74, 6) is 0.807. The smallest absolute Gasteiger partial charge is 0.0351 e. The summed E-state index contributed by atoms with van der Waals surface area (Å²) in [6, 6.07) is 0. The largest absolute Gasteiger partial charge is 0.0885 e. The second kappa shape index (κ2) is 8.83. The van der Waals surface area contributed by atoms with E-state index in [0.29, 0.717) is 0 Å². The average molecular weight is 166 g/mol. The minimum absolute atomic E-state index is 0.807. The highest BCUT2D eigenvalue weighted by Crippen LogP contribution is 2.11. The summed E-state index contributed by atoms with van der Waals surface area (Å²) in [6.07, 6.45) is 11.6. The lowest BCUT2D eigenvalue weighted by Gasteiger charge is -2.05. The molecular formula is C12H22. The summed E-state index contributed by atoms with van der Waals surface area (Å²) in [5, 5.41) is 0. The quantitative estimate of drug-likeness (QED) is 0.393. The Morgan fingerprint density at radius 2 is 1.92 bits per heavy atom. The molecule has 0 aliphatic carbocycles. The van der Waals surface area contributed by atoms with Crippen molar-refractivity contribution in [3.05, 3.63) is 26.0 Å². The number of rotatable bonds is 7. The lowest BCUT2D eigenvalue weighted by molar-refractivity contribution is 0.504. The fourth-order valence-corrected chi connectivity index (χ4v) is 1.14. The highest BCUT2D eigenvalue weighted by atomic mass is 14.0. The maximum Gasteiger partial charge on any atom is -0.0351 e. The fourth-order valence-electron chi connectivity index (χ4n) is 1.14. The maximum atomic E-state index is 3.89. The van der Waals surface area contributed by atoms with E-state index >= 15 is 0 Å². The standard InChI is InChI=1S/C12H22/c1-4-6-7-8-9-10-11-12(3)5-2/h6-7,12H,1-2,4-5,8-11H2,3H3. The van der Waals surface area contributed by atoms with Crippen LogP contribution in [0.5, 0.6) is 0 Å². The molecule has 0 heteroatoms. The Labute approximate surface area is 78.1 Å². The fraction of sp³-hybridized carbons (Fsp3) is 0.667. The van der Waals surface area contributed by atoms with Gasteiger partial charge in [-0.2, -0.15) is 0 Å². The molecule has 0 rings (SSSR count). The van der Waals surface area contributed by atoms with Gasteiger partial charge in [0, 0.05) is 0 Å². The first-order chi connectivity index (χ1) is 5.81. The summed E-state index contributed by atoms with van der Waals surface area (Å²) >= 11 is 0. The predicted molar refractivity (Wildman–Crippen MR) is 56.7 cm³/mol. The van der Waals surface area contributed by atoms with Crippen LogP contribution in [0.2, 0.25) is 0 Å². The van der Waals surface area contributed by atoms with Crippen molar-refractivity contribution in [2.45, 2.75) is 45.4 Å². The Morgan fingerprint density at radius 3 is 2.50 bits per heavy atom. The SMILES string of the molecule is [CH2]CC=CCCCCC(C)C[CH2].